The predicted octanol–water partition coefficient (Wildman–Crippen LogP) is 3.95. The van der Waals surface area contributed by atoms with Gasteiger partial charge in [0.2, 0.25) is 0 Å². The minimum Gasteiger partial charge on any atom is -0.126 e. The molecule has 2 unspecified atom stereocenters. The van der Waals surface area contributed by atoms with Crippen molar-refractivity contribution in [2.24, 2.45) is 5.92 Å². The molecule has 2 rings (SSSR count). The van der Waals surface area contributed by atoms with E-state index < -0.39 is 0 Å². The Hall–Kier alpha value is -0.490. The van der Waals surface area contributed by atoms with E-state index >= 15 is 0 Å². The molecule has 0 spiro atoms. The van der Waals surface area contributed by atoms with Crippen molar-refractivity contribution in [1.82, 2.24) is 0 Å². The van der Waals surface area contributed by atoms with Crippen LogP contribution in [0.15, 0.2) is 12.1 Å². The number of benzene rings is 1. The Morgan fingerprint density at radius 1 is 1.21 bits per heavy atom. The summed E-state index contributed by atoms with van der Waals surface area (Å²) in [5.41, 5.74) is 5.81. The van der Waals surface area contributed by atoms with Crippen molar-refractivity contribution in [3.63, 3.8) is 0 Å². The lowest BCUT2D eigenvalue weighted by molar-refractivity contribution is 0.908. The molecule has 0 radical (unpaired) electrons. The minimum atomic E-state index is 0.733. The van der Waals surface area contributed by atoms with Crippen LogP contribution < -0.4 is 0 Å². The van der Waals surface area contributed by atoms with Crippen LogP contribution in [-0.4, -0.2) is 5.88 Å². The Morgan fingerprint density at radius 2 is 1.79 bits per heavy atom. The van der Waals surface area contributed by atoms with Crippen LogP contribution in [0.1, 0.15) is 34.6 Å². The van der Waals surface area contributed by atoms with Crippen LogP contribution in [0.4, 0.5) is 0 Å². The zero-order valence-corrected chi connectivity index (χ0v) is 9.86. The highest BCUT2D eigenvalue weighted by molar-refractivity contribution is 6.18. The average Bonchev–Trinajstić information content (AvgIpc) is 2.81. The fourth-order valence-electron chi connectivity index (χ4n) is 2.55. The van der Waals surface area contributed by atoms with E-state index in [2.05, 4.69) is 32.9 Å². The molecule has 1 aromatic rings. The van der Waals surface area contributed by atoms with Gasteiger partial charge in [0.25, 0.3) is 0 Å². The second-order valence-corrected chi connectivity index (χ2v) is 4.88. The van der Waals surface area contributed by atoms with E-state index in [1.54, 1.807) is 5.56 Å². The summed E-state index contributed by atoms with van der Waals surface area (Å²) in [6.07, 6.45) is 1.29. The number of alkyl halides is 1. The number of hydrogen-bond donors (Lipinski definition) is 0. The van der Waals surface area contributed by atoms with E-state index in [-0.39, 0.29) is 0 Å². The van der Waals surface area contributed by atoms with Crippen LogP contribution in [-0.2, 0) is 0 Å². The molecule has 0 amide bonds. The predicted molar refractivity (Wildman–Crippen MR) is 62.2 cm³/mol. The number of hydrogen-bond acceptors (Lipinski definition) is 0. The normalized spacial score (nSPS) is 25.1. The molecule has 0 aliphatic heterocycles. The van der Waals surface area contributed by atoms with Gasteiger partial charge < -0.3 is 0 Å². The molecule has 2 atom stereocenters. The van der Waals surface area contributed by atoms with Crippen molar-refractivity contribution >= 4 is 11.6 Å². The molecule has 1 aromatic carbocycles. The summed E-state index contributed by atoms with van der Waals surface area (Å²) >= 11 is 5.88. The lowest BCUT2D eigenvalue weighted by Gasteiger charge is -2.10. The Morgan fingerprint density at radius 3 is 2.21 bits per heavy atom. The van der Waals surface area contributed by atoms with Gasteiger partial charge in [0.1, 0.15) is 0 Å². The fraction of sp³-hybridized carbons (Fsp3) is 0.538. The molecular weight excluding hydrogens is 192 g/mol. The summed E-state index contributed by atoms with van der Waals surface area (Å²) in [6.45, 7) is 6.60. The fourth-order valence-corrected chi connectivity index (χ4v) is 2.89. The molecule has 1 aliphatic carbocycles. The van der Waals surface area contributed by atoms with Gasteiger partial charge in [0.05, 0.1) is 0 Å². The first kappa shape index (κ1) is 10.0. The first-order valence-electron chi connectivity index (χ1n) is 5.27. The molecular formula is C13H17Cl. The first-order chi connectivity index (χ1) is 6.63. The van der Waals surface area contributed by atoms with Crippen LogP contribution in [0.3, 0.4) is 0 Å². The van der Waals surface area contributed by atoms with Crippen molar-refractivity contribution in [2.75, 3.05) is 5.88 Å². The van der Waals surface area contributed by atoms with Crippen LogP contribution >= 0.6 is 11.6 Å². The smallest absolute Gasteiger partial charge is 0.0257 e. The third-order valence-corrected chi connectivity index (χ3v) is 3.63. The molecule has 0 aromatic heterocycles. The molecule has 0 heterocycles. The molecule has 0 bridgehead atoms. The maximum Gasteiger partial charge on any atom is 0.0257 e. The van der Waals surface area contributed by atoms with E-state index in [0.717, 1.165) is 17.7 Å². The van der Waals surface area contributed by atoms with Crippen molar-refractivity contribution in [3.05, 3.63) is 34.4 Å². The second kappa shape index (κ2) is 3.58. The largest absolute Gasteiger partial charge is 0.126 e. The maximum absolute atomic E-state index is 5.88. The van der Waals surface area contributed by atoms with E-state index in [4.69, 9.17) is 11.6 Å². The summed E-state index contributed by atoms with van der Waals surface area (Å²) in [5, 5.41) is 0. The van der Waals surface area contributed by atoms with Gasteiger partial charge in [-0.05, 0) is 55.7 Å². The van der Waals surface area contributed by atoms with Crippen molar-refractivity contribution in [1.29, 1.82) is 0 Å². The van der Waals surface area contributed by atoms with Gasteiger partial charge in [0.15, 0.2) is 0 Å². The van der Waals surface area contributed by atoms with E-state index in [1.165, 1.54) is 23.1 Å². The number of halogens is 1. The molecule has 76 valence electrons. The number of rotatable bonds is 2. The zero-order valence-electron chi connectivity index (χ0n) is 9.10. The highest BCUT2D eigenvalue weighted by Gasteiger charge is 2.38. The number of aryl methyl sites for hydroxylation is 3. The van der Waals surface area contributed by atoms with Gasteiger partial charge >= 0.3 is 0 Å². The van der Waals surface area contributed by atoms with E-state index in [9.17, 15) is 0 Å². The zero-order chi connectivity index (χ0) is 10.3. The second-order valence-electron chi connectivity index (χ2n) is 4.57. The lowest BCUT2D eigenvalue weighted by Crippen LogP contribution is -1.94. The molecule has 14 heavy (non-hydrogen) atoms. The van der Waals surface area contributed by atoms with Crippen molar-refractivity contribution in [3.8, 4) is 0 Å². The average molecular weight is 209 g/mol. The molecule has 1 fully saturated rings. The standard InChI is InChI=1S/C13H17Cl/c1-8-4-9(2)13(10(3)5-8)12-6-11(12)7-14/h4-5,11-12H,6-7H2,1-3H3. The van der Waals surface area contributed by atoms with Gasteiger partial charge in [-0.3, -0.25) is 0 Å². The van der Waals surface area contributed by atoms with Crippen LogP contribution in [0, 0.1) is 26.7 Å². The Labute approximate surface area is 91.3 Å². The summed E-state index contributed by atoms with van der Waals surface area (Å²) < 4.78 is 0. The lowest BCUT2D eigenvalue weighted by atomic mass is 9.95. The molecule has 0 saturated heterocycles. The summed E-state index contributed by atoms with van der Waals surface area (Å²) in [7, 11) is 0. The van der Waals surface area contributed by atoms with E-state index in [1.807, 2.05) is 0 Å². The topological polar surface area (TPSA) is 0 Å². The molecule has 1 aliphatic rings. The van der Waals surface area contributed by atoms with Gasteiger partial charge in [-0.25, -0.2) is 0 Å². The quantitative estimate of drug-likeness (QED) is 0.646. The summed E-state index contributed by atoms with van der Waals surface area (Å²) in [6, 6.07) is 4.57. The van der Waals surface area contributed by atoms with Gasteiger partial charge in [-0.1, -0.05) is 17.7 Å². The summed E-state index contributed by atoms with van der Waals surface area (Å²) in [4.78, 5) is 0. The minimum absolute atomic E-state index is 0.733. The van der Waals surface area contributed by atoms with Crippen LogP contribution in [0.5, 0.6) is 0 Å². The monoisotopic (exact) mass is 208 g/mol. The Kier molecular flexibility index (Phi) is 2.57. The van der Waals surface area contributed by atoms with Crippen LogP contribution in [0.25, 0.3) is 0 Å². The molecule has 0 N–H and O–H groups in total. The van der Waals surface area contributed by atoms with Gasteiger partial charge in [-0.15, -0.1) is 11.6 Å². The van der Waals surface area contributed by atoms with Gasteiger partial charge in [0, 0.05) is 5.88 Å². The molecule has 1 heteroatoms. The highest BCUT2D eigenvalue weighted by Crippen LogP contribution is 2.50. The van der Waals surface area contributed by atoms with Crippen molar-refractivity contribution in [2.45, 2.75) is 33.1 Å². The van der Waals surface area contributed by atoms with E-state index in [0.29, 0.717) is 0 Å². The highest BCUT2D eigenvalue weighted by atomic mass is 35.5. The first-order valence-corrected chi connectivity index (χ1v) is 5.80. The molecule has 0 nitrogen and oxygen atoms in total. The summed E-state index contributed by atoms with van der Waals surface area (Å²) in [5.74, 6) is 2.29. The third kappa shape index (κ3) is 1.68. The molecule has 1 saturated carbocycles. The van der Waals surface area contributed by atoms with Crippen LogP contribution in [0.2, 0.25) is 0 Å². The third-order valence-electron chi connectivity index (χ3n) is 3.23. The Balaban J connectivity index is 2.34. The van der Waals surface area contributed by atoms with Crippen molar-refractivity contribution < 1.29 is 0 Å². The SMILES string of the molecule is Cc1cc(C)c(C2CC2CCl)c(C)c1. The van der Waals surface area contributed by atoms with Gasteiger partial charge in [-0.2, -0.15) is 0 Å². The maximum atomic E-state index is 5.88. The Bertz CT molecular complexity index is 331.